The quantitative estimate of drug-likeness (QED) is 0.841. The van der Waals surface area contributed by atoms with Crippen molar-refractivity contribution in [3.8, 4) is 11.1 Å². The minimum absolute atomic E-state index is 0.0438. The topological polar surface area (TPSA) is 76.1 Å². The molecule has 2 aromatic carbocycles. The summed E-state index contributed by atoms with van der Waals surface area (Å²) in [7, 11) is 1.60. The fraction of sp³-hybridized carbons (Fsp3) is 0.391. The van der Waals surface area contributed by atoms with Crippen molar-refractivity contribution in [2.24, 2.45) is 5.41 Å². The van der Waals surface area contributed by atoms with Gasteiger partial charge >= 0.3 is 12.1 Å². The Hall–Kier alpha value is -2.86. The van der Waals surface area contributed by atoms with Gasteiger partial charge in [-0.25, -0.2) is 9.59 Å². The number of methoxy groups -OCH3 is 1. The van der Waals surface area contributed by atoms with Crippen LogP contribution in [0.1, 0.15) is 29.9 Å². The van der Waals surface area contributed by atoms with Crippen LogP contribution in [0.4, 0.5) is 4.79 Å². The van der Waals surface area contributed by atoms with Crippen molar-refractivity contribution in [2.75, 3.05) is 26.9 Å². The Morgan fingerprint density at radius 3 is 2.21 bits per heavy atom. The highest BCUT2D eigenvalue weighted by atomic mass is 16.6. The van der Waals surface area contributed by atoms with E-state index in [1.54, 1.807) is 7.11 Å². The van der Waals surface area contributed by atoms with Gasteiger partial charge in [-0.1, -0.05) is 48.5 Å². The lowest BCUT2D eigenvalue weighted by molar-refractivity contribution is -0.155. The maximum absolute atomic E-state index is 12.9. The molecule has 2 aliphatic carbocycles. The minimum Gasteiger partial charge on any atom is -0.479 e. The molecular weight excluding hydrogens is 370 g/mol. The summed E-state index contributed by atoms with van der Waals surface area (Å²) in [4.78, 5) is 26.2. The van der Waals surface area contributed by atoms with E-state index in [9.17, 15) is 14.7 Å². The first-order valence-corrected chi connectivity index (χ1v) is 9.85. The SMILES string of the molecule is COCC12CN(C(=O)OCC3c4ccccc4-c4ccccc43)C(C(=O)O)(C1)C2. The summed E-state index contributed by atoms with van der Waals surface area (Å²) in [6.07, 6.45) is 0.297. The average Bonchev–Trinajstić information content (AvgIpc) is 3.32. The van der Waals surface area contributed by atoms with Crippen LogP contribution in [0.2, 0.25) is 0 Å². The van der Waals surface area contributed by atoms with Crippen LogP contribution in [0, 0.1) is 5.41 Å². The molecule has 2 saturated heterocycles. The number of rotatable bonds is 5. The number of aliphatic carboxylic acids is 1. The normalized spacial score (nSPS) is 26.6. The summed E-state index contributed by atoms with van der Waals surface area (Å²) in [5.41, 5.74) is 3.18. The molecule has 1 amide bonds. The second-order valence-electron chi connectivity index (χ2n) is 8.51. The van der Waals surface area contributed by atoms with Gasteiger partial charge in [0, 0.05) is 25.0 Å². The molecule has 1 N–H and O–H groups in total. The first-order chi connectivity index (χ1) is 14.0. The lowest BCUT2D eigenvalue weighted by Crippen LogP contribution is -2.57. The van der Waals surface area contributed by atoms with Gasteiger partial charge in [0.2, 0.25) is 0 Å². The number of carboxylic acids is 1. The summed E-state index contributed by atoms with van der Waals surface area (Å²) in [5.74, 6) is -1.01. The van der Waals surface area contributed by atoms with Crippen molar-refractivity contribution >= 4 is 12.1 Å². The number of carbonyl (C=O) groups is 2. The zero-order valence-corrected chi connectivity index (χ0v) is 16.3. The van der Waals surface area contributed by atoms with Gasteiger partial charge in [0.05, 0.1) is 6.61 Å². The Labute approximate surface area is 169 Å². The van der Waals surface area contributed by atoms with Crippen LogP contribution in [0.25, 0.3) is 11.1 Å². The Morgan fingerprint density at radius 1 is 1.07 bits per heavy atom. The lowest BCUT2D eigenvalue weighted by atomic mass is 9.62. The number of hydrogen-bond donors (Lipinski definition) is 1. The Morgan fingerprint density at radius 2 is 1.66 bits per heavy atom. The maximum Gasteiger partial charge on any atom is 0.410 e. The predicted octanol–water partition coefficient (Wildman–Crippen LogP) is 3.50. The number of nitrogens with zero attached hydrogens (tertiary/aromatic N) is 1. The molecule has 0 radical (unpaired) electrons. The molecule has 6 rings (SSSR count). The predicted molar refractivity (Wildman–Crippen MR) is 106 cm³/mol. The lowest BCUT2D eigenvalue weighted by Gasteiger charge is -2.43. The second-order valence-corrected chi connectivity index (χ2v) is 8.51. The van der Waals surface area contributed by atoms with Gasteiger partial charge in [0.15, 0.2) is 0 Å². The molecule has 2 aromatic rings. The van der Waals surface area contributed by atoms with E-state index < -0.39 is 17.6 Å². The van der Waals surface area contributed by atoms with Crippen molar-refractivity contribution in [3.05, 3.63) is 59.7 Å². The molecule has 3 fully saturated rings. The molecule has 0 aromatic heterocycles. The number of fused-ring (bicyclic) bond motifs is 4. The average molecular weight is 393 g/mol. The smallest absolute Gasteiger partial charge is 0.410 e. The van der Waals surface area contributed by atoms with Crippen LogP contribution in [0.3, 0.4) is 0 Å². The van der Waals surface area contributed by atoms with Crippen LogP contribution >= 0.6 is 0 Å². The third kappa shape index (κ3) is 2.52. The first kappa shape index (κ1) is 18.2. The van der Waals surface area contributed by atoms with Crippen LogP contribution < -0.4 is 0 Å². The van der Waals surface area contributed by atoms with E-state index in [0.29, 0.717) is 26.0 Å². The van der Waals surface area contributed by atoms with Crippen molar-refractivity contribution in [2.45, 2.75) is 24.3 Å². The molecule has 0 atom stereocenters. The highest BCUT2D eigenvalue weighted by Gasteiger charge is 2.71. The van der Waals surface area contributed by atoms with Crippen LogP contribution in [-0.2, 0) is 14.3 Å². The molecular formula is C23H23NO5. The molecule has 1 saturated carbocycles. The van der Waals surface area contributed by atoms with Crippen molar-refractivity contribution in [3.63, 3.8) is 0 Å². The van der Waals surface area contributed by atoms with Crippen LogP contribution in [0.5, 0.6) is 0 Å². The van der Waals surface area contributed by atoms with Crippen molar-refractivity contribution in [1.29, 1.82) is 0 Å². The highest BCUT2D eigenvalue weighted by Crippen LogP contribution is 2.59. The van der Waals surface area contributed by atoms with E-state index in [1.807, 2.05) is 24.3 Å². The zero-order chi connectivity index (χ0) is 20.2. The molecule has 2 heterocycles. The highest BCUT2D eigenvalue weighted by molar-refractivity contribution is 5.88. The second kappa shape index (κ2) is 6.32. The van der Waals surface area contributed by atoms with E-state index in [1.165, 1.54) is 4.90 Å². The number of carboxylic acid groups (broad SMARTS) is 1. The molecule has 4 aliphatic rings. The maximum atomic E-state index is 12.9. The number of ether oxygens (including phenoxy) is 2. The fourth-order valence-electron chi connectivity index (χ4n) is 5.61. The van der Waals surface area contributed by atoms with Gasteiger partial charge in [0.25, 0.3) is 0 Å². The summed E-state index contributed by atoms with van der Waals surface area (Å²) in [6, 6.07) is 16.3. The Kier molecular flexibility index (Phi) is 3.96. The van der Waals surface area contributed by atoms with Gasteiger partial charge < -0.3 is 14.6 Å². The third-order valence-corrected chi connectivity index (χ3v) is 6.75. The number of carbonyl (C=O) groups excluding carboxylic acids is 1. The largest absolute Gasteiger partial charge is 0.479 e. The van der Waals surface area contributed by atoms with E-state index in [2.05, 4.69) is 24.3 Å². The number of benzene rings is 2. The summed E-state index contributed by atoms with van der Waals surface area (Å²) >= 11 is 0. The molecule has 0 unspecified atom stereocenters. The Bertz CT molecular complexity index is 949. The molecule has 150 valence electrons. The number of hydrogen-bond acceptors (Lipinski definition) is 4. The van der Waals surface area contributed by atoms with E-state index >= 15 is 0 Å². The van der Waals surface area contributed by atoms with Gasteiger partial charge in [-0.05, 0) is 35.1 Å². The first-order valence-electron chi connectivity index (χ1n) is 9.85. The molecule has 2 bridgehead atoms. The van der Waals surface area contributed by atoms with Gasteiger partial charge in [-0.15, -0.1) is 0 Å². The molecule has 0 spiro atoms. The third-order valence-electron chi connectivity index (χ3n) is 6.75. The van der Waals surface area contributed by atoms with Crippen molar-refractivity contribution in [1.82, 2.24) is 4.90 Å². The standard InChI is InChI=1S/C23H23NO5/c1-28-14-22-11-23(12-22,20(25)26)24(13-22)21(27)29-10-19-17-8-4-2-6-15(17)16-7-3-5-9-18(16)19/h2-9,19H,10-14H2,1H3,(H,25,26). The molecule has 6 heteroatoms. The van der Waals surface area contributed by atoms with Crippen molar-refractivity contribution < 1.29 is 24.2 Å². The van der Waals surface area contributed by atoms with E-state index in [-0.39, 0.29) is 17.9 Å². The van der Waals surface area contributed by atoms with Crippen LogP contribution in [-0.4, -0.2) is 54.5 Å². The van der Waals surface area contributed by atoms with Crippen LogP contribution in [0.15, 0.2) is 48.5 Å². The van der Waals surface area contributed by atoms with Gasteiger partial charge in [-0.2, -0.15) is 0 Å². The van der Waals surface area contributed by atoms with E-state index in [4.69, 9.17) is 9.47 Å². The summed E-state index contributed by atoms with van der Waals surface area (Å²) < 4.78 is 11.0. The summed E-state index contributed by atoms with van der Waals surface area (Å²) in [6.45, 7) is 1.01. The van der Waals surface area contributed by atoms with Gasteiger partial charge in [0.1, 0.15) is 12.1 Å². The zero-order valence-electron chi connectivity index (χ0n) is 16.3. The fourth-order valence-corrected chi connectivity index (χ4v) is 5.61. The molecule has 6 nitrogen and oxygen atoms in total. The minimum atomic E-state index is -1.15. The van der Waals surface area contributed by atoms with Gasteiger partial charge in [-0.3, -0.25) is 4.90 Å². The Balaban J connectivity index is 1.36. The monoisotopic (exact) mass is 393 g/mol. The summed E-state index contributed by atoms with van der Waals surface area (Å²) in [5, 5.41) is 9.76. The van der Waals surface area contributed by atoms with E-state index in [0.717, 1.165) is 22.3 Å². The number of amides is 1. The molecule has 29 heavy (non-hydrogen) atoms. The molecule has 2 aliphatic heterocycles.